The van der Waals surface area contributed by atoms with Gasteiger partial charge in [0.2, 0.25) is 0 Å². The normalized spacial score (nSPS) is 11.8. The number of rotatable bonds is 3. The van der Waals surface area contributed by atoms with Gasteiger partial charge in [-0.2, -0.15) is 13.2 Å². The smallest absolute Gasteiger partial charge is 0.416 e. The summed E-state index contributed by atoms with van der Waals surface area (Å²) in [5.74, 6) is -0.931. The summed E-state index contributed by atoms with van der Waals surface area (Å²) in [6.07, 6.45) is -2.30. The third-order valence-electron chi connectivity index (χ3n) is 2.79. The van der Waals surface area contributed by atoms with Gasteiger partial charge in [0.25, 0.3) is 0 Å². The monoisotopic (exact) mass is 394 g/mol. The quantitative estimate of drug-likeness (QED) is 0.347. The van der Waals surface area contributed by atoms with Gasteiger partial charge < -0.3 is 4.74 Å². The fourth-order valence-electron chi connectivity index (χ4n) is 1.74. The van der Waals surface area contributed by atoms with Crippen molar-refractivity contribution >= 4 is 46.8 Å². The van der Waals surface area contributed by atoms with E-state index in [-0.39, 0.29) is 26.4 Å². The highest BCUT2D eigenvalue weighted by atomic mass is 35.5. The van der Waals surface area contributed by atoms with Crippen LogP contribution in [0.1, 0.15) is 11.1 Å². The summed E-state index contributed by atoms with van der Waals surface area (Å²) in [6, 6.07) is 7.18. The summed E-state index contributed by atoms with van der Waals surface area (Å²) in [7, 11) is 0. The molecule has 0 radical (unpaired) electrons. The van der Waals surface area contributed by atoms with E-state index >= 15 is 0 Å². The average molecular weight is 396 g/mol. The second-order valence-corrected chi connectivity index (χ2v) is 5.83. The molecule has 0 aromatic heterocycles. The molecule has 8 heteroatoms. The van der Waals surface area contributed by atoms with Gasteiger partial charge in [-0.1, -0.05) is 46.9 Å². The third-order valence-corrected chi connectivity index (χ3v) is 3.57. The van der Waals surface area contributed by atoms with Crippen LogP contribution in [0, 0.1) is 0 Å². The van der Waals surface area contributed by atoms with Crippen LogP contribution in [0.25, 0.3) is 6.08 Å². The Morgan fingerprint density at radius 3 is 2.25 bits per heavy atom. The lowest BCUT2D eigenvalue weighted by atomic mass is 10.1. The van der Waals surface area contributed by atoms with Gasteiger partial charge in [-0.3, -0.25) is 0 Å². The predicted octanol–water partition coefficient (Wildman–Crippen LogP) is 6.28. The molecule has 24 heavy (non-hydrogen) atoms. The Labute approximate surface area is 150 Å². The van der Waals surface area contributed by atoms with Crippen molar-refractivity contribution in [1.29, 1.82) is 0 Å². The van der Waals surface area contributed by atoms with Crippen LogP contribution in [0.5, 0.6) is 5.75 Å². The largest absolute Gasteiger partial charge is 0.420 e. The Bertz CT molecular complexity index is 778. The highest BCUT2D eigenvalue weighted by molar-refractivity contribution is 6.40. The number of ether oxygens (including phenoxy) is 1. The summed E-state index contributed by atoms with van der Waals surface area (Å²) < 4.78 is 42.8. The van der Waals surface area contributed by atoms with Gasteiger partial charge in [0.15, 0.2) is 5.75 Å². The van der Waals surface area contributed by atoms with Gasteiger partial charge in [0.05, 0.1) is 15.6 Å². The van der Waals surface area contributed by atoms with E-state index in [4.69, 9.17) is 39.5 Å². The van der Waals surface area contributed by atoms with Crippen molar-refractivity contribution in [2.75, 3.05) is 0 Å². The molecule has 0 unspecified atom stereocenters. The van der Waals surface area contributed by atoms with Gasteiger partial charge in [0.1, 0.15) is 0 Å². The lowest BCUT2D eigenvalue weighted by Crippen LogP contribution is -2.05. The van der Waals surface area contributed by atoms with Crippen molar-refractivity contribution < 1.29 is 22.7 Å². The maximum absolute atomic E-state index is 12.6. The van der Waals surface area contributed by atoms with E-state index in [1.807, 2.05) is 0 Å². The molecule has 0 fully saturated rings. The van der Waals surface area contributed by atoms with E-state index < -0.39 is 17.7 Å². The molecule has 0 aliphatic rings. The van der Waals surface area contributed by atoms with E-state index in [1.54, 1.807) is 0 Å². The molecule has 2 nitrogen and oxygen atoms in total. The number of carbonyl (C=O) groups is 1. The number of benzene rings is 2. The van der Waals surface area contributed by atoms with Crippen LogP contribution in [-0.4, -0.2) is 5.97 Å². The first-order chi connectivity index (χ1) is 11.2. The lowest BCUT2D eigenvalue weighted by molar-refractivity contribution is -0.137. The molecule has 0 atom stereocenters. The Kier molecular flexibility index (Phi) is 5.80. The molecule has 2 aromatic rings. The number of carbonyl (C=O) groups excluding carboxylic acids is 1. The minimum absolute atomic E-state index is 0.0355. The molecule has 0 aliphatic carbocycles. The Balaban J connectivity index is 2.15. The zero-order valence-electron chi connectivity index (χ0n) is 11.7. The highest BCUT2D eigenvalue weighted by Crippen LogP contribution is 2.36. The summed E-state index contributed by atoms with van der Waals surface area (Å²) in [5, 5.41) is 0.339. The molecule has 0 saturated carbocycles. The maximum atomic E-state index is 12.6. The number of esters is 1. The fourth-order valence-corrected chi connectivity index (χ4v) is 2.64. The van der Waals surface area contributed by atoms with Crippen LogP contribution in [0.4, 0.5) is 13.2 Å². The van der Waals surface area contributed by atoms with Crippen molar-refractivity contribution in [1.82, 2.24) is 0 Å². The second kappa shape index (κ2) is 7.47. The molecule has 0 bridgehead atoms. The number of hydrogen-bond donors (Lipinski definition) is 0. The highest BCUT2D eigenvalue weighted by Gasteiger charge is 2.30. The molecule has 2 aromatic carbocycles. The summed E-state index contributed by atoms with van der Waals surface area (Å²) >= 11 is 17.5. The van der Waals surface area contributed by atoms with E-state index in [2.05, 4.69) is 0 Å². The average Bonchev–Trinajstić information content (AvgIpc) is 2.48. The van der Waals surface area contributed by atoms with Crippen molar-refractivity contribution in [2.24, 2.45) is 0 Å². The Morgan fingerprint density at radius 2 is 1.67 bits per heavy atom. The molecule has 0 aliphatic heterocycles. The van der Waals surface area contributed by atoms with Crippen LogP contribution in [0.15, 0.2) is 42.5 Å². The van der Waals surface area contributed by atoms with Gasteiger partial charge in [0, 0.05) is 11.1 Å². The molecular weight excluding hydrogens is 388 g/mol. The minimum atomic E-state index is -4.46. The van der Waals surface area contributed by atoms with Crippen molar-refractivity contribution in [3.05, 3.63) is 68.7 Å². The molecule has 0 spiro atoms. The van der Waals surface area contributed by atoms with Gasteiger partial charge in [-0.25, -0.2) is 4.79 Å². The van der Waals surface area contributed by atoms with Crippen LogP contribution >= 0.6 is 34.8 Å². The number of halogens is 6. The standard InChI is InChI=1S/C16H8Cl3F3O2/c17-11-7-12(18)15(13(19)8-11)24-14(23)5-4-9-2-1-3-10(6-9)16(20,21)22/h1-8H/b5-4+. The minimum Gasteiger partial charge on any atom is -0.420 e. The van der Waals surface area contributed by atoms with E-state index in [1.165, 1.54) is 30.3 Å². The SMILES string of the molecule is O=C(/C=C/c1cccc(C(F)(F)F)c1)Oc1c(Cl)cc(Cl)cc1Cl. The van der Waals surface area contributed by atoms with Crippen LogP contribution in [-0.2, 0) is 11.0 Å². The first kappa shape index (κ1) is 18.6. The Morgan fingerprint density at radius 1 is 1.04 bits per heavy atom. The van der Waals surface area contributed by atoms with E-state index in [0.29, 0.717) is 0 Å². The lowest BCUT2D eigenvalue weighted by Gasteiger charge is -2.07. The molecule has 0 heterocycles. The third kappa shape index (κ3) is 4.90. The first-order valence-corrected chi connectivity index (χ1v) is 7.52. The van der Waals surface area contributed by atoms with Crippen LogP contribution in [0.3, 0.4) is 0 Å². The zero-order valence-corrected chi connectivity index (χ0v) is 14.0. The van der Waals surface area contributed by atoms with E-state index in [9.17, 15) is 18.0 Å². The summed E-state index contributed by atoms with van der Waals surface area (Å²) in [5.41, 5.74) is -0.628. The molecule has 0 amide bonds. The topological polar surface area (TPSA) is 26.3 Å². The maximum Gasteiger partial charge on any atom is 0.416 e. The fraction of sp³-hybridized carbons (Fsp3) is 0.0625. The predicted molar refractivity (Wildman–Crippen MR) is 87.6 cm³/mol. The van der Waals surface area contributed by atoms with Gasteiger partial charge in [-0.05, 0) is 35.9 Å². The second-order valence-electron chi connectivity index (χ2n) is 4.58. The van der Waals surface area contributed by atoms with Gasteiger partial charge in [-0.15, -0.1) is 0 Å². The van der Waals surface area contributed by atoms with E-state index in [0.717, 1.165) is 18.2 Å². The molecule has 0 N–H and O–H groups in total. The van der Waals surface area contributed by atoms with Crippen molar-refractivity contribution in [3.63, 3.8) is 0 Å². The van der Waals surface area contributed by atoms with Crippen molar-refractivity contribution in [3.8, 4) is 5.75 Å². The Hall–Kier alpha value is -1.69. The summed E-state index contributed by atoms with van der Waals surface area (Å²) in [4.78, 5) is 11.8. The zero-order chi connectivity index (χ0) is 17.9. The first-order valence-electron chi connectivity index (χ1n) is 6.38. The van der Waals surface area contributed by atoms with Gasteiger partial charge >= 0.3 is 12.1 Å². The number of alkyl halides is 3. The van der Waals surface area contributed by atoms with Crippen LogP contribution < -0.4 is 4.74 Å². The number of hydrogen-bond acceptors (Lipinski definition) is 2. The van der Waals surface area contributed by atoms with Crippen LogP contribution in [0.2, 0.25) is 15.1 Å². The molecule has 0 saturated heterocycles. The molecular formula is C16H8Cl3F3O2. The van der Waals surface area contributed by atoms with Crippen molar-refractivity contribution in [2.45, 2.75) is 6.18 Å². The molecule has 126 valence electrons. The molecule has 2 rings (SSSR count). The summed E-state index contributed by atoms with van der Waals surface area (Å²) in [6.45, 7) is 0.